The molecular formula is C14H19BrN2O2. The van der Waals surface area contributed by atoms with Crippen molar-refractivity contribution in [2.75, 3.05) is 26.2 Å². The minimum Gasteiger partial charge on any atom is -0.375 e. The Balaban J connectivity index is 1.67. The van der Waals surface area contributed by atoms with Crippen LogP contribution in [0, 0.1) is 0 Å². The standard InChI is InChI=1S/C14H19BrN2O2/c15-13-4-2-1-3-11(13)5-6-17-14(18)9-12-10-16-7-8-19-12/h1-4,12,16H,5-10H2,(H,17,18). The molecule has 19 heavy (non-hydrogen) atoms. The van der Waals surface area contributed by atoms with Gasteiger partial charge >= 0.3 is 0 Å². The average Bonchev–Trinajstić information content (AvgIpc) is 2.42. The monoisotopic (exact) mass is 326 g/mol. The van der Waals surface area contributed by atoms with Crippen LogP contribution in [0.2, 0.25) is 0 Å². The van der Waals surface area contributed by atoms with Crippen molar-refractivity contribution in [3.63, 3.8) is 0 Å². The Labute approximate surface area is 122 Å². The van der Waals surface area contributed by atoms with E-state index in [2.05, 4.69) is 32.6 Å². The highest BCUT2D eigenvalue weighted by atomic mass is 79.9. The maximum atomic E-state index is 11.8. The number of benzene rings is 1. The Morgan fingerprint density at radius 1 is 1.47 bits per heavy atom. The second kappa shape index (κ2) is 7.62. The number of halogens is 1. The third kappa shape index (κ3) is 4.93. The molecule has 1 aliphatic heterocycles. The summed E-state index contributed by atoms with van der Waals surface area (Å²) >= 11 is 3.50. The summed E-state index contributed by atoms with van der Waals surface area (Å²) in [5.41, 5.74) is 1.21. The zero-order valence-corrected chi connectivity index (χ0v) is 12.4. The fraction of sp³-hybridized carbons (Fsp3) is 0.500. The first kappa shape index (κ1) is 14.5. The van der Waals surface area contributed by atoms with Gasteiger partial charge in [0.2, 0.25) is 5.91 Å². The van der Waals surface area contributed by atoms with Crippen molar-refractivity contribution in [3.8, 4) is 0 Å². The first-order chi connectivity index (χ1) is 9.25. The topological polar surface area (TPSA) is 50.4 Å². The molecule has 0 spiro atoms. The van der Waals surface area contributed by atoms with E-state index in [-0.39, 0.29) is 12.0 Å². The van der Waals surface area contributed by atoms with E-state index in [0.29, 0.717) is 19.6 Å². The molecule has 1 heterocycles. The molecule has 104 valence electrons. The molecule has 2 rings (SSSR count). The van der Waals surface area contributed by atoms with Gasteiger partial charge in [0.15, 0.2) is 0 Å². The fourth-order valence-corrected chi connectivity index (χ4v) is 2.55. The zero-order valence-electron chi connectivity index (χ0n) is 10.8. The Morgan fingerprint density at radius 3 is 3.05 bits per heavy atom. The number of amides is 1. The highest BCUT2D eigenvalue weighted by molar-refractivity contribution is 9.10. The van der Waals surface area contributed by atoms with Crippen LogP contribution < -0.4 is 10.6 Å². The van der Waals surface area contributed by atoms with Crippen LogP contribution >= 0.6 is 15.9 Å². The SMILES string of the molecule is O=C(CC1CNCCO1)NCCc1ccccc1Br. The lowest BCUT2D eigenvalue weighted by Gasteiger charge is -2.23. The van der Waals surface area contributed by atoms with E-state index >= 15 is 0 Å². The highest BCUT2D eigenvalue weighted by Gasteiger charge is 2.16. The predicted molar refractivity (Wildman–Crippen MR) is 78.1 cm³/mol. The van der Waals surface area contributed by atoms with Crippen molar-refractivity contribution < 1.29 is 9.53 Å². The summed E-state index contributed by atoms with van der Waals surface area (Å²) < 4.78 is 6.59. The largest absolute Gasteiger partial charge is 0.375 e. The lowest BCUT2D eigenvalue weighted by atomic mass is 10.1. The van der Waals surface area contributed by atoms with Crippen LogP contribution in [-0.4, -0.2) is 38.3 Å². The summed E-state index contributed by atoms with van der Waals surface area (Å²) in [6, 6.07) is 8.06. The summed E-state index contributed by atoms with van der Waals surface area (Å²) in [5.74, 6) is 0.0563. The van der Waals surface area contributed by atoms with E-state index < -0.39 is 0 Å². The van der Waals surface area contributed by atoms with Gasteiger partial charge in [0.1, 0.15) is 0 Å². The number of carbonyl (C=O) groups excluding carboxylic acids is 1. The maximum absolute atomic E-state index is 11.8. The number of hydrogen-bond donors (Lipinski definition) is 2. The summed E-state index contributed by atoms with van der Waals surface area (Å²) in [7, 11) is 0. The van der Waals surface area contributed by atoms with Gasteiger partial charge in [-0.1, -0.05) is 34.1 Å². The molecule has 2 N–H and O–H groups in total. The lowest BCUT2D eigenvalue weighted by Crippen LogP contribution is -2.41. The summed E-state index contributed by atoms with van der Waals surface area (Å²) in [6.45, 7) is 2.98. The highest BCUT2D eigenvalue weighted by Crippen LogP contribution is 2.15. The summed E-state index contributed by atoms with van der Waals surface area (Å²) in [6.07, 6.45) is 1.28. The van der Waals surface area contributed by atoms with Gasteiger partial charge in [0, 0.05) is 24.1 Å². The normalized spacial score (nSPS) is 19.1. The van der Waals surface area contributed by atoms with Crippen LogP contribution in [0.1, 0.15) is 12.0 Å². The molecule has 0 radical (unpaired) electrons. The third-order valence-electron chi connectivity index (χ3n) is 3.09. The van der Waals surface area contributed by atoms with Gasteiger partial charge in [-0.25, -0.2) is 0 Å². The second-order valence-corrected chi connectivity index (χ2v) is 5.45. The van der Waals surface area contributed by atoms with Gasteiger partial charge in [0.25, 0.3) is 0 Å². The van der Waals surface area contributed by atoms with Crippen LogP contribution in [0.5, 0.6) is 0 Å². The number of hydrogen-bond acceptors (Lipinski definition) is 3. The Kier molecular flexibility index (Phi) is 5.82. The zero-order chi connectivity index (χ0) is 13.5. The van der Waals surface area contributed by atoms with Crippen LogP contribution in [0.4, 0.5) is 0 Å². The van der Waals surface area contributed by atoms with Gasteiger partial charge in [-0.05, 0) is 18.1 Å². The van der Waals surface area contributed by atoms with Crippen molar-refractivity contribution in [3.05, 3.63) is 34.3 Å². The van der Waals surface area contributed by atoms with E-state index in [0.717, 1.165) is 24.0 Å². The summed E-state index contributed by atoms with van der Waals surface area (Å²) in [4.78, 5) is 11.8. The smallest absolute Gasteiger partial charge is 0.222 e. The molecule has 0 saturated carbocycles. The Bertz CT molecular complexity index is 420. The third-order valence-corrected chi connectivity index (χ3v) is 3.87. The van der Waals surface area contributed by atoms with Crippen molar-refractivity contribution in [1.29, 1.82) is 0 Å². The van der Waals surface area contributed by atoms with E-state index in [1.165, 1.54) is 5.56 Å². The molecule has 0 aliphatic carbocycles. The summed E-state index contributed by atoms with van der Waals surface area (Å²) in [5, 5.41) is 6.16. The van der Waals surface area contributed by atoms with Crippen LogP contribution in [0.3, 0.4) is 0 Å². The number of morpholine rings is 1. The average molecular weight is 327 g/mol. The molecule has 4 nitrogen and oxygen atoms in total. The molecule has 5 heteroatoms. The quantitative estimate of drug-likeness (QED) is 0.861. The van der Waals surface area contributed by atoms with Gasteiger partial charge in [-0.3, -0.25) is 4.79 Å². The van der Waals surface area contributed by atoms with Gasteiger partial charge < -0.3 is 15.4 Å². The lowest BCUT2D eigenvalue weighted by molar-refractivity contribution is -0.124. The van der Waals surface area contributed by atoms with Gasteiger partial charge in [-0.15, -0.1) is 0 Å². The second-order valence-electron chi connectivity index (χ2n) is 4.59. The van der Waals surface area contributed by atoms with Crippen LogP contribution in [-0.2, 0) is 16.0 Å². The van der Waals surface area contributed by atoms with E-state index in [4.69, 9.17) is 4.74 Å². The first-order valence-corrected chi connectivity index (χ1v) is 7.37. The van der Waals surface area contributed by atoms with Gasteiger partial charge in [-0.2, -0.15) is 0 Å². The van der Waals surface area contributed by atoms with Crippen LogP contribution in [0.25, 0.3) is 0 Å². The first-order valence-electron chi connectivity index (χ1n) is 6.58. The molecule has 1 aromatic carbocycles. The number of nitrogens with one attached hydrogen (secondary N) is 2. The molecule has 1 unspecified atom stereocenters. The Morgan fingerprint density at radius 2 is 2.32 bits per heavy atom. The van der Waals surface area contributed by atoms with Crippen molar-refractivity contribution in [2.24, 2.45) is 0 Å². The van der Waals surface area contributed by atoms with E-state index in [1.54, 1.807) is 0 Å². The fourth-order valence-electron chi connectivity index (χ4n) is 2.07. The minimum absolute atomic E-state index is 0.0113. The number of carbonyl (C=O) groups is 1. The molecule has 1 amide bonds. The van der Waals surface area contributed by atoms with Crippen molar-refractivity contribution in [1.82, 2.24) is 10.6 Å². The molecular weight excluding hydrogens is 308 g/mol. The molecule has 1 aromatic rings. The minimum atomic E-state index is 0.0113. The molecule has 1 atom stereocenters. The van der Waals surface area contributed by atoms with Crippen molar-refractivity contribution in [2.45, 2.75) is 18.9 Å². The van der Waals surface area contributed by atoms with E-state index in [1.807, 2.05) is 18.2 Å². The van der Waals surface area contributed by atoms with Crippen molar-refractivity contribution >= 4 is 21.8 Å². The Hall–Kier alpha value is -0.910. The molecule has 0 aromatic heterocycles. The maximum Gasteiger partial charge on any atom is 0.222 e. The molecule has 1 aliphatic rings. The predicted octanol–water partition coefficient (Wildman–Crippen LogP) is 1.49. The molecule has 1 fully saturated rings. The number of rotatable bonds is 5. The number of ether oxygens (including phenoxy) is 1. The molecule has 1 saturated heterocycles. The molecule has 0 bridgehead atoms. The van der Waals surface area contributed by atoms with Gasteiger partial charge in [0.05, 0.1) is 19.1 Å². The van der Waals surface area contributed by atoms with E-state index in [9.17, 15) is 4.79 Å². The van der Waals surface area contributed by atoms with Crippen LogP contribution in [0.15, 0.2) is 28.7 Å².